The predicted octanol–water partition coefficient (Wildman–Crippen LogP) is 4.17. The molecule has 2 N–H and O–H groups in total. The molecule has 1 aromatic carbocycles. The van der Waals surface area contributed by atoms with Gasteiger partial charge in [-0.05, 0) is 57.1 Å². The van der Waals surface area contributed by atoms with Crippen molar-refractivity contribution < 1.29 is 5.11 Å². The van der Waals surface area contributed by atoms with Crippen LogP contribution in [0.2, 0.25) is 5.02 Å². The number of aliphatic hydroxyl groups excluding tert-OH is 1. The third kappa shape index (κ3) is 5.62. The molecule has 2 aromatic rings. The van der Waals surface area contributed by atoms with Gasteiger partial charge in [0.05, 0.1) is 12.1 Å². The van der Waals surface area contributed by atoms with Crippen LogP contribution < -0.4 is 5.32 Å². The number of nitrogens with one attached hydrogen (secondary N) is 1. The van der Waals surface area contributed by atoms with E-state index < -0.39 is 0 Å². The Morgan fingerprint density at radius 2 is 2.08 bits per heavy atom. The summed E-state index contributed by atoms with van der Waals surface area (Å²) in [5.41, 5.74) is 2.03. The maximum atomic E-state index is 9.02. The Hall–Kier alpha value is -1.36. The first-order valence-electron chi connectivity index (χ1n) is 8.78. The van der Waals surface area contributed by atoms with E-state index in [1.54, 1.807) is 0 Å². The molecule has 0 radical (unpaired) electrons. The average molecular weight is 350 g/mol. The van der Waals surface area contributed by atoms with Crippen LogP contribution in [0.25, 0.3) is 10.9 Å². The van der Waals surface area contributed by atoms with Gasteiger partial charge in [0.2, 0.25) is 0 Å². The molecule has 0 spiro atoms. The molecule has 24 heavy (non-hydrogen) atoms. The fraction of sp³-hybridized carbons (Fsp3) is 0.526. The van der Waals surface area contributed by atoms with Gasteiger partial charge in [-0.2, -0.15) is 0 Å². The van der Waals surface area contributed by atoms with Crippen molar-refractivity contribution in [3.8, 4) is 0 Å². The second-order valence-corrected chi connectivity index (χ2v) is 6.66. The highest BCUT2D eigenvalue weighted by Gasteiger charge is 2.07. The third-order valence-corrected chi connectivity index (χ3v) is 4.57. The lowest BCUT2D eigenvalue weighted by molar-refractivity contribution is 0.199. The summed E-state index contributed by atoms with van der Waals surface area (Å²) in [5, 5.41) is 14.4. The fourth-order valence-corrected chi connectivity index (χ4v) is 3.11. The van der Waals surface area contributed by atoms with Crippen LogP contribution in [0.15, 0.2) is 30.5 Å². The standard InChI is InChI=1S/C19H28ClN3O/c1-3-23(12-13-24)11-5-4-6-15(2)22-18-9-10-21-19-14-16(20)7-8-17(18)19/h7-10,14-15,24H,3-6,11-13H2,1-2H3,(H,21,22). The molecule has 0 aliphatic heterocycles. The first kappa shape index (κ1) is 19.0. The number of aromatic nitrogens is 1. The lowest BCUT2D eigenvalue weighted by atomic mass is 10.1. The van der Waals surface area contributed by atoms with Crippen LogP contribution in [-0.4, -0.2) is 47.3 Å². The van der Waals surface area contributed by atoms with Gasteiger partial charge in [-0.25, -0.2) is 0 Å². The Kier molecular flexibility index (Phi) is 7.76. The molecule has 0 bridgehead atoms. The van der Waals surface area contributed by atoms with Gasteiger partial charge < -0.3 is 15.3 Å². The van der Waals surface area contributed by atoms with E-state index in [1.807, 2.05) is 30.5 Å². The van der Waals surface area contributed by atoms with Crippen LogP contribution in [0.3, 0.4) is 0 Å². The molecule has 1 atom stereocenters. The molecular weight excluding hydrogens is 322 g/mol. The number of pyridine rings is 1. The first-order chi connectivity index (χ1) is 11.6. The number of hydrogen-bond acceptors (Lipinski definition) is 4. The molecule has 0 aliphatic rings. The van der Waals surface area contributed by atoms with Gasteiger partial charge in [-0.15, -0.1) is 0 Å². The number of nitrogens with zero attached hydrogens (tertiary/aromatic N) is 2. The number of halogens is 1. The molecule has 0 amide bonds. The van der Waals surface area contributed by atoms with E-state index in [2.05, 4.69) is 29.0 Å². The molecule has 132 valence electrons. The summed E-state index contributed by atoms with van der Waals surface area (Å²) >= 11 is 6.04. The SMILES string of the molecule is CCN(CCO)CCCCC(C)Nc1ccnc2cc(Cl)ccc12. The first-order valence-corrected chi connectivity index (χ1v) is 9.16. The third-order valence-electron chi connectivity index (χ3n) is 4.33. The maximum absolute atomic E-state index is 9.02. The molecule has 0 fully saturated rings. The molecule has 0 aliphatic carbocycles. The minimum absolute atomic E-state index is 0.241. The molecular formula is C19H28ClN3O. The molecule has 1 heterocycles. The van der Waals surface area contributed by atoms with Gasteiger partial charge in [-0.1, -0.05) is 24.9 Å². The van der Waals surface area contributed by atoms with Crippen molar-refractivity contribution >= 4 is 28.2 Å². The van der Waals surface area contributed by atoms with E-state index in [0.29, 0.717) is 11.1 Å². The average Bonchev–Trinajstić information content (AvgIpc) is 2.57. The normalized spacial score (nSPS) is 12.7. The van der Waals surface area contributed by atoms with Crippen LogP contribution in [0.5, 0.6) is 0 Å². The minimum Gasteiger partial charge on any atom is -0.395 e. The maximum Gasteiger partial charge on any atom is 0.0737 e. The number of benzene rings is 1. The summed E-state index contributed by atoms with van der Waals surface area (Å²) in [6.45, 7) is 7.43. The van der Waals surface area contributed by atoms with E-state index in [1.165, 1.54) is 6.42 Å². The molecule has 1 unspecified atom stereocenters. The van der Waals surface area contributed by atoms with Crippen molar-refractivity contribution in [1.29, 1.82) is 0 Å². The van der Waals surface area contributed by atoms with Gasteiger partial charge in [-0.3, -0.25) is 4.98 Å². The Bertz CT molecular complexity index is 635. The van der Waals surface area contributed by atoms with Gasteiger partial charge >= 0.3 is 0 Å². The van der Waals surface area contributed by atoms with Crippen LogP contribution in [-0.2, 0) is 0 Å². The Labute approximate surface area is 149 Å². The Morgan fingerprint density at radius 1 is 1.25 bits per heavy atom. The summed E-state index contributed by atoms with van der Waals surface area (Å²) in [7, 11) is 0. The summed E-state index contributed by atoms with van der Waals surface area (Å²) in [6.07, 6.45) is 5.27. The number of rotatable bonds is 10. The van der Waals surface area contributed by atoms with Gasteiger partial charge in [0.15, 0.2) is 0 Å². The number of aliphatic hydroxyl groups is 1. The molecule has 0 saturated carbocycles. The van der Waals surface area contributed by atoms with Crippen molar-refractivity contribution in [3.63, 3.8) is 0 Å². The van der Waals surface area contributed by atoms with Crippen molar-refractivity contribution in [2.24, 2.45) is 0 Å². The number of hydrogen-bond donors (Lipinski definition) is 2. The fourth-order valence-electron chi connectivity index (χ4n) is 2.94. The highest BCUT2D eigenvalue weighted by molar-refractivity contribution is 6.31. The van der Waals surface area contributed by atoms with Gasteiger partial charge in [0, 0.05) is 34.9 Å². The quantitative estimate of drug-likeness (QED) is 0.632. The summed E-state index contributed by atoms with van der Waals surface area (Å²) < 4.78 is 0. The topological polar surface area (TPSA) is 48.4 Å². The Morgan fingerprint density at radius 3 is 2.83 bits per heavy atom. The summed E-state index contributed by atoms with van der Waals surface area (Å²) in [6, 6.07) is 8.24. The lowest BCUT2D eigenvalue weighted by Gasteiger charge is -2.20. The number of likely N-dealkylation sites (N-methyl/N-ethyl adjacent to an activating group) is 1. The van der Waals surface area contributed by atoms with Crippen molar-refractivity contribution in [2.45, 2.75) is 39.2 Å². The molecule has 0 saturated heterocycles. The monoisotopic (exact) mass is 349 g/mol. The highest BCUT2D eigenvalue weighted by atomic mass is 35.5. The number of anilines is 1. The molecule has 5 heteroatoms. The van der Waals surface area contributed by atoms with Gasteiger partial charge in [0.1, 0.15) is 0 Å². The summed E-state index contributed by atoms with van der Waals surface area (Å²) in [4.78, 5) is 6.67. The summed E-state index contributed by atoms with van der Waals surface area (Å²) in [5.74, 6) is 0. The second-order valence-electron chi connectivity index (χ2n) is 6.22. The largest absolute Gasteiger partial charge is 0.395 e. The zero-order chi connectivity index (χ0) is 17.4. The van der Waals surface area contributed by atoms with Crippen molar-refractivity contribution in [3.05, 3.63) is 35.5 Å². The highest BCUT2D eigenvalue weighted by Crippen LogP contribution is 2.25. The zero-order valence-electron chi connectivity index (χ0n) is 14.6. The zero-order valence-corrected chi connectivity index (χ0v) is 15.4. The minimum atomic E-state index is 0.241. The van der Waals surface area contributed by atoms with E-state index in [-0.39, 0.29) is 6.61 Å². The predicted molar refractivity (Wildman–Crippen MR) is 103 cm³/mol. The van der Waals surface area contributed by atoms with E-state index in [4.69, 9.17) is 16.7 Å². The number of unbranched alkanes of at least 4 members (excludes halogenated alkanes) is 1. The smallest absolute Gasteiger partial charge is 0.0737 e. The van der Waals surface area contributed by atoms with Crippen molar-refractivity contribution in [2.75, 3.05) is 31.6 Å². The molecule has 1 aromatic heterocycles. The van der Waals surface area contributed by atoms with Crippen LogP contribution >= 0.6 is 11.6 Å². The molecule has 2 rings (SSSR count). The van der Waals surface area contributed by atoms with Crippen LogP contribution in [0, 0.1) is 0 Å². The van der Waals surface area contributed by atoms with E-state index in [0.717, 1.165) is 49.1 Å². The Balaban J connectivity index is 1.83. The lowest BCUT2D eigenvalue weighted by Crippen LogP contribution is -2.28. The van der Waals surface area contributed by atoms with E-state index in [9.17, 15) is 0 Å². The second kappa shape index (κ2) is 9.82. The van der Waals surface area contributed by atoms with Crippen molar-refractivity contribution in [1.82, 2.24) is 9.88 Å². The van der Waals surface area contributed by atoms with E-state index >= 15 is 0 Å². The number of fused-ring (bicyclic) bond motifs is 1. The van der Waals surface area contributed by atoms with Crippen LogP contribution in [0.4, 0.5) is 5.69 Å². The molecule has 4 nitrogen and oxygen atoms in total. The van der Waals surface area contributed by atoms with Gasteiger partial charge in [0.25, 0.3) is 0 Å². The van der Waals surface area contributed by atoms with Crippen LogP contribution in [0.1, 0.15) is 33.1 Å².